The molecule has 0 fully saturated rings. The third-order valence-corrected chi connectivity index (χ3v) is 6.92. The molecule has 38 heavy (non-hydrogen) atoms. The standard InChI is InChI=1S/C26H25N3O8S/c1-6-37-25(31)21-14(2)27-26-28(22(21)16-11-18(34-3)23(36-5)19(12-16)35-4)24(30)20(38-26)13-15-9-7-8-10-17(15)29(32)33/h7-13,22H,6H2,1-5H3. The maximum absolute atomic E-state index is 13.8. The smallest absolute Gasteiger partial charge is 0.338 e. The van der Waals surface area contributed by atoms with Crippen LogP contribution >= 0.6 is 11.3 Å². The number of nitro groups is 1. The van der Waals surface area contributed by atoms with Crippen molar-refractivity contribution in [3.8, 4) is 17.2 Å². The summed E-state index contributed by atoms with van der Waals surface area (Å²) in [5, 5.41) is 11.5. The van der Waals surface area contributed by atoms with Crippen LogP contribution < -0.4 is 29.1 Å². The minimum Gasteiger partial charge on any atom is -0.493 e. The number of para-hydroxylation sites is 1. The summed E-state index contributed by atoms with van der Waals surface area (Å²) in [7, 11) is 4.40. The Morgan fingerprint density at radius 3 is 2.39 bits per heavy atom. The highest BCUT2D eigenvalue weighted by molar-refractivity contribution is 7.07. The molecule has 0 amide bonds. The molecule has 1 atom stereocenters. The summed E-state index contributed by atoms with van der Waals surface area (Å²) >= 11 is 1.07. The fourth-order valence-electron chi connectivity index (χ4n) is 4.28. The van der Waals surface area contributed by atoms with Crippen LogP contribution in [0, 0.1) is 10.1 Å². The van der Waals surface area contributed by atoms with Crippen LogP contribution in [0.15, 0.2) is 57.5 Å². The minimum atomic E-state index is -0.938. The maximum atomic E-state index is 13.8. The van der Waals surface area contributed by atoms with Crippen LogP contribution in [0.4, 0.5) is 5.69 Å². The maximum Gasteiger partial charge on any atom is 0.338 e. The fraction of sp³-hybridized carbons (Fsp3) is 0.269. The number of benzene rings is 2. The molecule has 1 aliphatic heterocycles. The molecule has 0 N–H and O–H groups in total. The zero-order valence-electron chi connectivity index (χ0n) is 21.3. The Hall–Kier alpha value is -4.45. The SMILES string of the molecule is CCOC(=O)C1=C(C)N=c2sc(=Cc3ccccc3[N+](=O)[O-])c(=O)n2C1c1cc(OC)c(OC)c(OC)c1. The first-order valence-corrected chi connectivity index (χ1v) is 12.3. The molecule has 3 aromatic rings. The largest absolute Gasteiger partial charge is 0.493 e. The van der Waals surface area contributed by atoms with E-state index < -0.39 is 22.5 Å². The average molecular weight is 540 g/mol. The first kappa shape index (κ1) is 26.6. The van der Waals surface area contributed by atoms with Gasteiger partial charge in [0.2, 0.25) is 5.75 Å². The van der Waals surface area contributed by atoms with Gasteiger partial charge in [0.1, 0.15) is 0 Å². The van der Waals surface area contributed by atoms with Gasteiger partial charge in [-0.1, -0.05) is 23.5 Å². The topological polar surface area (TPSA) is 131 Å². The van der Waals surface area contributed by atoms with Crippen molar-refractivity contribution in [1.82, 2.24) is 4.57 Å². The fourth-order valence-corrected chi connectivity index (χ4v) is 5.32. The molecule has 12 heteroatoms. The number of fused-ring (bicyclic) bond motifs is 1. The van der Waals surface area contributed by atoms with Crippen LogP contribution in [-0.4, -0.2) is 43.4 Å². The molecule has 1 aromatic heterocycles. The Bertz CT molecular complexity index is 1610. The molecular weight excluding hydrogens is 514 g/mol. The van der Waals surface area contributed by atoms with Crippen molar-refractivity contribution in [2.45, 2.75) is 19.9 Å². The van der Waals surface area contributed by atoms with Crippen molar-refractivity contribution in [2.24, 2.45) is 4.99 Å². The summed E-state index contributed by atoms with van der Waals surface area (Å²) in [6.07, 6.45) is 1.46. The summed E-state index contributed by atoms with van der Waals surface area (Å²) in [5.74, 6) is 0.393. The second-order valence-corrected chi connectivity index (χ2v) is 9.09. The van der Waals surface area contributed by atoms with E-state index in [4.69, 9.17) is 18.9 Å². The molecule has 2 aromatic carbocycles. The van der Waals surface area contributed by atoms with Crippen LogP contribution in [0.5, 0.6) is 17.2 Å². The molecule has 11 nitrogen and oxygen atoms in total. The zero-order chi connectivity index (χ0) is 27.6. The molecule has 0 saturated heterocycles. The molecule has 2 heterocycles. The van der Waals surface area contributed by atoms with E-state index in [1.54, 1.807) is 44.2 Å². The van der Waals surface area contributed by atoms with Crippen molar-refractivity contribution >= 4 is 29.1 Å². The van der Waals surface area contributed by atoms with Gasteiger partial charge in [-0.05, 0) is 43.7 Å². The molecule has 0 aliphatic carbocycles. The summed E-state index contributed by atoms with van der Waals surface area (Å²) in [4.78, 5) is 42.8. The quantitative estimate of drug-likeness (QED) is 0.243. The number of hydrogen-bond acceptors (Lipinski definition) is 10. The zero-order valence-corrected chi connectivity index (χ0v) is 22.2. The Balaban J connectivity index is 2.04. The Kier molecular flexibility index (Phi) is 7.62. The third-order valence-electron chi connectivity index (χ3n) is 5.94. The number of nitro benzene ring substituents is 1. The molecule has 4 rings (SSSR count). The molecule has 198 valence electrons. The number of hydrogen-bond donors (Lipinski definition) is 0. The van der Waals surface area contributed by atoms with Crippen LogP contribution in [0.3, 0.4) is 0 Å². The highest BCUT2D eigenvalue weighted by Crippen LogP contribution is 2.42. The van der Waals surface area contributed by atoms with Crippen molar-refractivity contribution in [2.75, 3.05) is 27.9 Å². The van der Waals surface area contributed by atoms with Gasteiger partial charge in [0.05, 0.1) is 60.3 Å². The number of carbonyl (C=O) groups is 1. The highest BCUT2D eigenvalue weighted by atomic mass is 32.1. The molecule has 1 unspecified atom stereocenters. The average Bonchev–Trinajstić information content (AvgIpc) is 3.21. The van der Waals surface area contributed by atoms with Crippen LogP contribution in [0.2, 0.25) is 0 Å². The van der Waals surface area contributed by atoms with Crippen LogP contribution in [0.1, 0.15) is 31.0 Å². The van der Waals surface area contributed by atoms with Crippen molar-refractivity contribution in [1.29, 1.82) is 0 Å². The van der Waals surface area contributed by atoms with Gasteiger partial charge in [0.15, 0.2) is 16.3 Å². The number of nitrogens with zero attached hydrogens (tertiary/aromatic N) is 3. The first-order chi connectivity index (χ1) is 18.2. The second kappa shape index (κ2) is 10.9. The number of methoxy groups -OCH3 is 3. The number of carbonyl (C=O) groups excluding carboxylic acids is 1. The summed E-state index contributed by atoms with van der Waals surface area (Å²) in [5.41, 5.74) is 0.706. The molecule has 0 radical (unpaired) electrons. The van der Waals surface area contributed by atoms with E-state index in [0.717, 1.165) is 11.3 Å². The van der Waals surface area contributed by atoms with Gasteiger partial charge in [-0.25, -0.2) is 9.79 Å². The lowest BCUT2D eigenvalue weighted by Gasteiger charge is -2.26. The van der Waals surface area contributed by atoms with Crippen molar-refractivity contribution in [3.05, 3.63) is 88.6 Å². The summed E-state index contributed by atoms with van der Waals surface area (Å²) in [6.45, 7) is 3.47. The predicted octanol–water partition coefficient (Wildman–Crippen LogP) is 2.73. The predicted molar refractivity (Wildman–Crippen MR) is 140 cm³/mol. The normalized spacial score (nSPS) is 15.0. The van der Waals surface area contributed by atoms with E-state index in [9.17, 15) is 19.7 Å². The summed E-state index contributed by atoms with van der Waals surface area (Å²) < 4.78 is 23.4. The van der Waals surface area contributed by atoms with Gasteiger partial charge in [0, 0.05) is 6.07 Å². The Morgan fingerprint density at radius 1 is 1.16 bits per heavy atom. The Labute approximate surface area is 221 Å². The summed E-state index contributed by atoms with van der Waals surface area (Å²) in [6, 6.07) is 8.50. The monoisotopic (exact) mass is 539 g/mol. The number of rotatable bonds is 8. The number of ether oxygens (including phenoxy) is 4. The lowest BCUT2D eigenvalue weighted by Crippen LogP contribution is -2.40. The van der Waals surface area contributed by atoms with Gasteiger partial charge in [0.25, 0.3) is 11.2 Å². The molecular formula is C26H25N3O8S. The first-order valence-electron chi connectivity index (χ1n) is 11.5. The lowest BCUT2D eigenvalue weighted by molar-refractivity contribution is -0.385. The van der Waals surface area contributed by atoms with Crippen LogP contribution in [0.25, 0.3) is 6.08 Å². The van der Waals surface area contributed by atoms with E-state index >= 15 is 0 Å². The van der Waals surface area contributed by atoms with E-state index in [1.807, 2.05) is 0 Å². The van der Waals surface area contributed by atoms with Crippen LogP contribution in [-0.2, 0) is 9.53 Å². The number of allylic oxidation sites excluding steroid dienone is 1. The van der Waals surface area contributed by atoms with Crippen molar-refractivity contribution < 1.29 is 28.7 Å². The van der Waals surface area contributed by atoms with Gasteiger partial charge >= 0.3 is 5.97 Å². The number of aromatic nitrogens is 1. The van der Waals surface area contributed by atoms with E-state index in [0.29, 0.717) is 33.3 Å². The molecule has 1 aliphatic rings. The second-order valence-electron chi connectivity index (χ2n) is 8.08. The molecule has 0 bridgehead atoms. The molecule has 0 spiro atoms. The number of thiazole rings is 1. The third kappa shape index (κ3) is 4.65. The van der Waals surface area contributed by atoms with Gasteiger partial charge in [-0.15, -0.1) is 0 Å². The minimum absolute atomic E-state index is 0.125. The van der Waals surface area contributed by atoms with Gasteiger partial charge in [-0.2, -0.15) is 0 Å². The molecule has 0 saturated carbocycles. The number of esters is 1. The van der Waals surface area contributed by atoms with E-state index in [-0.39, 0.29) is 28.0 Å². The Morgan fingerprint density at radius 2 is 1.82 bits per heavy atom. The van der Waals surface area contributed by atoms with E-state index in [1.165, 1.54) is 38.0 Å². The van der Waals surface area contributed by atoms with Gasteiger partial charge < -0.3 is 18.9 Å². The van der Waals surface area contributed by atoms with Crippen molar-refractivity contribution in [3.63, 3.8) is 0 Å². The highest BCUT2D eigenvalue weighted by Gasteiger charge is 2.34. The van der Waals surface area contributed by atoms with Gasteiger partial charge in [-0.3, -0.25) is 19.5 Å². The van der Waals surface area contributed by atoms with E-state index in [2.05, 4.69) is 4.99 Å². The lowest BCUT2D eigenvalue weighted by atomic mass is 9.95.